The number of hydrogen-bond acceptors (Lipinski definition) is 4. The van der Waals surface area contributed by atoms with E-state index >= 15 is 0 Å². The molecule has 8 nitrogen and oxygen atoms in total. The molecule has 30 heavy (non-hydrogen) atoms. The Hall–Kier alpha value is -1.66. The van der Waals surface area contributed by atoms with E-state index in [1.807, 2.05) is 23.0 Å². The molecule has 0 amide bonds. The third kappa shape index (κ3) is 6.95. The maximum Gasteiger partial charge on any atom is 0.243 e. The number of nitrogens with zero attached hydrogens (tertiary/aromatic N) is 4. The number of sulfonamides is 1. The first-order chi connectivity index (χ1) is 14.1. The highest BCUT2D eigenvalue weighted by molar-refractivity contribution is 14.0. The van der Waals surface area contributed by atoms with Crippen LogP contribution >= 0.6 is 24.0 Å². The van der Waals surface area contributed by atoms with Gasteiger partial charge in [0.25, 0.3) is 0 Å². The second-order valence-corrected chi connectivity index (χ2v) is 9.10. The van der Waals surface area contributed by atoms with Crippen molar-refractivity contribution in [2.75, 3.05) is 33.2 Å². The molecule has 0 radical (unpaired) electrons. The predicted octanol–water partition coefficient (Wildman–Crippen LogP) is 2.16. The van der Waals surface area contributed by atoms with Crippen LogP contribution in [0, 0.1) is 5.92 Å². The van der Waals surface area contributed by atoms with Gasteiger partial charge in [0.2, 0.25) is 10.0 Å². The molecule has 0 atom stereocenters. The van der Waals surface area contributed by atoms with Crippen LogP contribution in [-0.4, -0.2) is 61.7 Å². The summed E-state index contributed by atoms with van der Waals surface area (Å²) in [6, 6.07) is 10.6. The molecule has 166 valence electrons. The van der Waals surface area contributed by atoms with Gasteiger partial charge in [-0.05, 0) is 43.4 Å². The summed E-state index contributed by atoms with van der Waals surface area (Å²) in [5.74, 6) is 1.21. The molecule has 1 aliphatic heterocycles. The van der Waals surface area contributed by atoms with Crippen LogP contribution in [0.3, 0.4) is 0 Å². The van der Waals surface area contributed by atoms with Crippen molar-refractivity contribution >= 4 is 40.0 Å². The van der Waals surface area contributed by atoms with E-state index < -0.39 is 10.0 Å². The van der Waals surface area contributed by atoms with Crippen molar-refractivity contribution in [3.05, 3.63) is 48.8 Å². The minimum atomic E-state index is -3.39. The van der Waals surface area contributed by atoms with Crippen LogP contribution in [0.4, 0.5) is 0 Å². The number of halogens is 1. The Morgan fingerprint density at radius 1 is 1.17 bits per heavy atom. The number of aryl methyl sites for hydroxylation is 1. The summed E-state index contributed by atoms with van der Waals surface area (Å²) in [7, 11) is -1.62. The Morgan fingerprint density at radius 3 is 2.53 bits per heavy atom. The molecular weight excluding hydrogens is 515 g/mol. The molecule has 0 saturated carbocycles. The van der Waals surface area contributed by atoms with Crippen LogP contribution in [0.25, 0.3) is 0 Å². The van der Waals surface area contributed by atoms with Gasteiger partial charge < -0.3 is 10.6 Å². The molecule has 1 fully saturated rings. The van der Waals surface area contributed by atoms with Gasteiger partial charge in [-0.25, -0.2) is 8.42 Å². The molecule has 0 bridgehead atoms. The minimum Gasteiger partial charge on any atom is -0.356 e. The van der Waals surface area contributed by atoms with Gasteiger partial charge in [-0.1, -0.05) is 18.2 Å². The number of guanidine groups is 1. The number of benzene rings is 1. The smallest absolute Gasteiger partial charge is 0.243 e. The number of rotatable bonds is 8. The van der Waals surface area contributed by atoms with Gasteiger partial charge in [0.15, 0.2) is 5.96 Å². The molecule has 1 saturated heterocycles. The highest BCUT2D eigenvalue weighted by atomic mass is 127. The summed E-state index contributed by atoms with van der Waals surface area (Å²) in [6.07, 6.45) is 6.38. The molecule has 1 aliphatic rings. The molecular formula is C20H31IN6O2S. The molecule has 2 N–H and O–H groups in total. The number of nitrogens with one attached hydrogen (secondary N) is 2. The first kappa shape index (κ1) is 24.6. The van der Waals surface area contributed by atoms with Crippen LogP contribution in [0.2, 0.25) is 0 Å². The van der Waals surface area contributed by atoms with Crippen molar-refractivity contribution in [3.63, 3.8) is 0 Å². The average molecular weight is 546 g/mol. The quantitative estimate of drug-likeness (QED) is 0.229. The largest absolute Gasteiger partial charge is 0.356 e. The lowest BCUT2D eigenvalue weighted by atomic mass is 9.98. The number of piperidine rings is 1. The summed E-state index contributed by atoms with van der Waals surface area (Å²) >= 11 is 0. The second-order valence-electron chi connectivity index (χ2n) is 7.16. The number of aromatic nitrogens is 2. The molecule has 2 aromatic rings. The third-order valence-corrected chi connectivity index (χ3v) is 7.06. The van der Waals surface area contributed by atoms with E-state index in [9.17, 15) is 8.42 Å². The van der Waals surface area contributed by atoms with E-state index in [1.165, 1.54) is 0 Å². The lowest BCUT2D eigenvalue weighted by Crippen LogP contribution is -2.44. The SMILES string of the molecule is CN=C(NCCCn1cccn1)NCC1CCN(S(=O)(=O)c2ccccc2)CC1.I. The monoisotopic (exact) mass is 546 g/mol. The molecule has 2 heterocycles. The predicted molar refractivity (Wildman–Crippen MR) is 130 cm³/mol. The highest BCUT2D eigenvalue weighted by Crippen LogP contribution is 2.23. The standard InChI is InChI=1S/C20H30N6O2S.HI/c1-21-20(22-11-5-13-25-14-6-12-24-25)23-17-18-9-15-26(16-10-18)29(27,28)19-7-3-2-4-8-19;/h2-4,6-8,12,14,18H,5,9-11,13,15-17H2,1H3,(H2,21,22,23);1H. The van der Waals surface area contributed by atoms with Crippen molar-refractivity contribution in [3.8, 4) is 0 Å². The van der Waals surface area contributed by atoms with Crippen LogP contribution in [0.5, 0.6) is 0 Å². The van der Waals surface area contributed by atoms with Crippen LogP contribution in [-0.2, 0) is 16.6 Å². The van der Waals surface area contributed by atoms with E-state index in [0.29, 0.717) is 23.9 Å². The zero-order valence-electron chi connectivity index (χ0n) is 17.3. The van der Waals surface area contributed by atoms with Gasteiger partial charge in [-0.15, -0.1) is 24.0 Å². The molecule has 0 spiro atoms. The van der Waals surface area contributed by atoms with Gasteiger partial charge in [0, 0.05) is 52.2 Å². The second kappa shape index (κ2) is 12.3. The van der Waals surface area contributed by atoms with E-state index in [4.69, 9.17) is 0 Å². The number of aliphatic imine (C=N–C) groups is 1. The molecule has 1 aromatic heterocycles. The summed E-state index contributed by atoms with van der Waals surface area (Å²) < 4.78 is 28.9. The fourth-order valence-corrected chi connectivity index (χ4v) is 4.93. The molecule has 0 unspecified atom stereocenters. The van der Waals surface area contributed by atoms with Crippen molar-refractivity contribution in [2.24, 2.45) is 10.9 Å². The average Bonchev–Trinajstić information content (AvgIpc) is 3.28. The van der Waals surface area contributed by atoms with Gasteiger partial charge in [0.1, 0.15) is 0 Å². The molecule has 1 aromatic carbocycles. The van der Waals surface area contributed by atoms with Crippen LogP contribution in [0.15, 0.2) is 58.7 Å². The lowest BCUT2D eigenvalue weighted by molar-refractivity contribution is 0.273. The molecule has 0 aliphatic carbocycles. The van der Waals surface area contributed by atoms with Gasteiger partial charge in [-0.3, -0.25) is 9.67 Å². The fourth-order valence-electron chi connectivity index (χ4n) is 3.44. The Kier molecular flexibility index (Phi) is 10.1. The van der Waals surface area contributed by atoms with Crippen molar-refractivity contribution < 1.29 is 8.42 Å². The Morgan fingerprint density at radius 2 is 1.90 bits per heavy atom. The van der Waals surface area contributed by atoms with E-state index in [1.54, 1.807) is 41.8 Å². The van der Waals surface area contributed by atoms with E-state index in [0.717, 1.165) is 44.9 Å². The third-order valence-electron chi connectivity index (χ3n) is 5.15. The van der Waals surface area contributed by atoms with E-state index in [2.05, 4.69) is 20.7 Å². The topological polar surface area (TPSA) is 91.6 Å². The summed E-state index contributed by atoms with van der Waals surface area (Å²) in [5, 5.41) is 10.9. The first-order valence-electron chi connectivity index (χ1n) is 10.1. The lowest BCUT2D eigenvalue weighted by Gasteiger charge is -2.31. The minimum absolute atomic E-state index is 0. The first-order valence-corrected chi connectivity index (χ1v) is 11.5. The Bertz CT molecular complexity index is 866. The van der Waals surface area contributed by atoms with Crippen LogP contribution in [0.1, 0.15) is 19.3 Å². The van der Waals surface area contributed by atoms with Gasteiger partial charge >= 0.3 is 0 Å². The summed E-state index contributed by atoms with van der Waals surface area (Å²) in [4.78, 5) is 4.64. The summed E-state index contributed by atoms with van der Waals surface area (Å²) in [5.41, 5.74) is 0. The zero-order valence-corrected chi connectivity index (χ0v) is 20.4. The number of hydrogen-bond donors (Lipinski definition) is 2. The van der Waals surface area contributed by atoms with Crippen molar-refractivity contribution in [2.45, 2.75) is 30.7 Å². The maximum atomic E-state index is 12.7. The Balaban J connectivity index is 0.00000320. The molecule has 10 heteroatoms. The van der Waals surface area contributed by atoms with Crippen LogP contribution < -0.4 is 10.6 Å². The van der Waals surface area contributed by atoms with Gasteiger partial charge in [-0.2, -0.15) is 9.40 Å². The van der Waals surface area contributed by atoms with Gasteiger partial charge in [0.05, 0.1) is 4.90 Å². The highest BCUT2D eigenvalue weighted by Gasteiger charge is 2.29. The fraction of sp³-hybridized carbons (Fsp3) is 0.500. The van der Waals surface area contributed by atoms with Crippen molar-refractivity contribution in [1.29, 1.82) is 0 Å². The van der Waals surface area contributed by atoms with E-state index in [-0.39, 0.29) is 24.0 Å². The maximum absolute atomic E-state index is 12.7. The normalized spacial score (nSPS) is 16.1. The summed E-state index contributed by atoms with van der Waals surface area (Å²) in [6.45, 7) is 3.58. The zero-order chi connectivity index (χ0) is 20.5. The van der Waals surface area contributed by atoms with Crippen molar-refractivity contribution in [1.82, 2.24) is 24.7 Å². The molecule has 3 rings (SSSR count). The Labute approximate surface area is 196 Å².